The number of carbonyl (C=O) groups is 1. The highest BCUT2D eigenvalue weighted by Crippen LogP contribution is 2.26. The summed E-state index contributed by atoms with van der Waals surface area (Å²) in [5.74, 6) is 0.649. The number of amides is 1. The van der Waals surface area contributed by atoms with Crippen molar-refractivity contribution < 1.29 is 4.79 Å². The normalized spacial score (nSPS) is 10.2. The maximum absolute atomic E-state index is 11.9. The van der Waals surface area contributed by atoms with Crippen molar-refractivity contribution >= 4 is 34.3 Å². The van der Waals surface area contributed by atoms with Crippen LogP contribution >= 0.6 is 23.4 Å². The standard InChI is InChI=1S/C15H14ClNOS/c1-11-6-5-9-13(16)14(11)17-15(18)19-10-12-7-3-2-4-8-12/h2-9H,10H2,1H3,(H,17,18). The first kappa shape index (κ1) is 14.0. The Balaban J connectivity index is 1.95. The summed E-state index contributed by atoms with van der Waals surface area (Å²) in [6, 6.07) is 15.4. The third kappa shape index (κ3) is 4.01. The predicted molar refractivity (Wildman–Crippen MR) is 82.9 cm³/mol. The zero-order valence-electron chi connectivity index (χ0n) is 10.5. The van der Waals surface area contributed by atoms with Crippen molar-refractivity contribution in [1.29, 1.82) is 0 Å². The van der Waals surface area contributed by atoms with Crippen LogP contribution in [0.3, 0.4) is 0 Å². The molecule has 0 fully saturated rings. The van der Waals surface area contributed by atoms with Crippen molar-refractivity contribution in [2.24, 2.45) is 0 Å². The second-order valence-electron chi connectivity index (χ2n) is 4.12. The molecule has 0 atom stereocenters. The van der Waals surface area contributed by atoms with Gasteiger partial charge in [-0.2, -0.15) is 0 Å². The number of anilines is 1. The molecule has 1 N–H and O–H groups in total. The van der Waals surface area contributed by atoms with Crippen LogP contribution in [0, 0.1) is 6.92 Å². The van der Waals surface area contributed by atoms with E-state index in [-0.39, 0.29) is 5.24 Å². The highest BCUT2D eigenvalue weighted by Gasteiger charge is 2.08. The summed E-state index contributed by atoms with van der Waals surface area (Å²) in [7, 11) is 0. The van der Waals surface area contributed by atoms with Crippen molar-refractivity contribution in [3.8, 4) is 0 Å². The Bertz CT molecular complexity index is 551. The van der Waals surface area contributed by atoms with Gasteiger partial charge in [0.1, 0.15) is 0 Å². The lowest BCUT2D eigenvalue weighted by Crippen LogP contribution is -2.07. The molecule has 2 rings (SSSR count). The maximum Gasteiger partial charge on any atom is 0.283 e. The summed E-state index contributed by atoms with van der Waals surface area (Å²) < 4.78 is 0. The van der Waals surface area contributed by atoms with Crippen LogP contribution in [0.25, 0.3) is 0 Å². The van der Waals surface area contributed by atoms with E-state index in [2.05, 4.69) is 5.32 Å². The first-order valence-electron chi connectivity index (χ1n) is 5.89. The summed E-state index contributed by atoms with van der Waals surface area (Å²) in [5, 5.41) is 3.31. The Morgan fingerprint density at radius 3 is 2.58 bits per heavy atom. The molecule has 98 valence electrons. The zero-order valence-corrected chi connectivity index (χ0v) is 12.1. The van der Waals surface area contributed by atoms with Crippen LogP contribution in [0.2, 0.25) is 5.02 Å². The third-order valence-electron chi connectivity index (χ3n) is 2.66. The number of benzene rings is 2. The van der Waals surface area contributed by atoms with Crippen LogP contribution in [0.4, 0.5) is 10.5 Å². The first-order valence-corrected chi connectivity index (χ1v) is 7.26. The van der Waals surface area contributed by atoms with Crippen LogP contribution in [0.15, 0.2) is 48.5 Å². The van der Waals surface area contributed by atoms with Gasteiger partial charge in [0.15, 0.2) is 0 Å². The monoisotopic (exact) mass is 291 g/mol. The first-order chi connectivity index (χ1) is 9.16. The van der Waals surface area contributed by atoms with E-state index in [4.69, 9.17) is 11.6 Å². The largest absolute Gasteiger partial charge is 0.315 e. The van der Waals surface area contributed by atoms with Gasteiger partial charge in [0.05, 0.1) is 10.7 Å². The lowest BCUT2D eigenvalue weighted by atomic mass is 10.2. The molecule has 0 aromatic heterocycles. The average molecular weight is 292 g/mol. The van der Waals surface area contributed by atoms with Crippen LogP contribution in [0.1, 0.15) is 11.1 Å². The highest BCUT2D eigenvalue weighted by molar-refractivity contribution is 8.13. The van der Waals surface area contributed by atoms with Crippen molar-refractivity contribution in [2.75, 3.05) is 5.32 Å². The minimum atomic E-state index is -0.0972. The number of hydrogen-bond acceptors (Lipinski definition) is 2. The molecule has 0 aliphatic heterocycles. The average Bonchev–Trinajstić information content (AvgIpc) is 2.42. The smallest absolute Gasteiger partial charge is 0.283 e. The van der Waals surface area contributed by atoms with E-state index >= 15 is 0 Å². The molecule has 0 radical (unpaired) electrons. The van der Waals surface area contributed by atoms with Crippen LogP contribution < -0.4 is 5.32 Å². The van der Waals surface area contributed by atoms with Gasteiger partial charge in [0, 0.05) is 5.75 Å². The van der Waals surface area contributed by atoms with Crippen LogP contribution in [0.5, 0.6) is 0 Å². The van der Waals surface area contributed by atoms with E-state index in [1.54, 1.807) is 6.07 Å². The SMILES string of the molecule is Cc1cccc(Cl)c1NC(=O)SCc1ccccc1. The molecule has 4 heteroatoms. The van der Waals surface area contributed by atoms with Gasteiger partial charge in [-0.1, -0.05) is 65.8 Å². The predicted octanol–water partition coefficient (Wildman–Crippen LogP) is 5.11. The number of para-hydroxylation sites is 1. The van der Waals surface area contributed by atoms with Crippen molar-refractivity contribution in [2.45, 2.75) is 12.7 Å². The van der Waals surface area contributed by atoms with Crippen molar-refractivity contribution in [1.82, 2.24) is 0 Å². The Kier molecular flexibility index (Phi) is 4.88. The maximum atomic E-state index is 11.9. The fourth-order valence-corrected chi connectivity index (χ4v) is 2.58. The third-order valence-corrected chi connectivity index (χ3v) is 3.82. The molecule has 2 nitrogen and oxygen atoms in total. The molecule has 0 spiro atoms. The summed E-state index contributed by atoms with van der Waals surface area (Å²) in [6.45, 7) is 1.92. The summed E-state index contributed by atoms with van der Waals surface area (Å²) >= 11 is 7.30. The van der Waals surface area contributed by atoms with E-state index < -0.39 is 0 Å². The van der Waals surface area contributed by atoms with E-state index in [0.717, 1.165) is 11.1 Å². The number of hydrogen-bond donors (Lipinski definition) is 1. The number of aryl methyl sites for hydroxylation is 1. The summed E-state index contributed by atoms with van der Waals surface area (Å²) in [5.41, 5.74) is 2.77. The van der Waals surface area contributed by atoms with E-state index in [9.17, 15) is 4.79 Å². The molecular formula is C15H14ClNOS. The van der Waals surface area contributed by atoms with Gasteiger partial charge in [-0.15, -0.1) is 0 Å². The molecule has 19 heavy (non-hydrogen) atoms. The molecule has 2 aromatic carbocycles. The molecule has 0 bridgehead atoms. The summed E-state index contributed by atoms with van der Waals surface area (Å²) in [4.78, 5) is 11.9. The lowest BCUT2D eigenvalue weighted by Gasteiger charge is -2.09. The molecule has 0 aliphatic rings. The number of halogens is 1. The Hall–Kier alpha value is -1.45. The Labute approximate surface area is 122 Å². The molecule has 2 aromatic rings. The number of nitrogens with one attached hydrogen (secondary N) is 1. The van der Waals surface area contributed by atoms with Gasteiger partial charge in [0.25, 0.3) is 5.24 Å². The second kappa shape index (κ2) is 6.64. The summed E-state index contributed by atoms with van der Waals surface area (Å²) in [6.07, 6.45) is 0. The van der Waals surface area contributed by atoms with Crippen molar-refractivity contribution in [3.63, 3.8) is 0 Å². The Morgan fingerprint density at radius 1 is 1.16 bits per heavy atom. The van der Waals surface area contributed by atoms with Crippen molar-refractivity contribution in [3.05, 3.63) is 64.7 Å². The van der Waals surface area contributed by atoms with E-state index in [1.165, 1.54) is 11.8 Å². The van der Waals surface area contributed by atoms with Crippen LogP contribution in [-0.2, 0) is 5.75 Å². The molecule has 0 heterocycles. The van der Waals surface area contributed by atoms with Gasteiger partial charge in [0.2, 0.25) is 0 Å². The quantitative estimate of drug-likeness (QED) is 0.851. The molecule has 0 saturated carbocycles. The fourth-order valence-electron chi connectivity index (χ4n) is 1.65. The topological polar surface area (TPSA) is 29.1 Å². The second-order valence-corrected chi connectivity index (χ2v) is 5.47. The number of rotatable bonds is 3. The minimum absolute atomic E-state index is 0.0972. The van der Waals surface area contributed by atoms with Gasteiger partial charge >= 0.3 is 0 Å². The molecule has 1 amide bonds. The zero-order chi connectivity index (χ0) is 13.7. The fraction of sp³-hybridized carbons (Fsp3) is 0.133. The molecular weight excluding hydrogens is 278 g/mol. The van der Waals surface area contributed by atoms with E-state index in [0.29, 0.717) is 16.5 Å². The minimum Gasteiger partial charge on any atom is -0.315 e. The molecule has 0 saturated heterocycles. The van der Waals surface area contributed by atoms with Gasteiger partial charge in [-0.3, -0.25) is 4.79 Å². The number of thioether (sulfide) groups is 1. The van der Waals surface area contributed by atoms with Crippen LogP contribution in [-0.4, -0.2) is 5.24 Å². The highest BCUT2D eigenvalue weighted by atomic mass is 35.5. The van der Waals surface area contributed by atoms with E-state index in [1.807, 2.05) is 49.4 Å². The molecule has 0 aliphatic carbocycles. The van der Waals surface area contributed by atoms with Gasteiger partial charge in [-0.25, -0.2) is 0 Å². The van der Waals surface area contributed by atoms with Gasteiger partial charge < -0.3 is 5.32 Å². The number of carbonyl (C=O) groups excluding carboxylic acids is 1. The lowest BCUT2D eigenvalue weighted by molar-refractivity contribution is 0.269. The molecule has 0 unspecified atom stereocenters. The van der Waals surface area contributed by atoms with Gasteiger partial charge in [-0.05, 0) is 24.1 Å². The Morgan fingerprint density at radius 2 is 1.89 bits per heavy atom.